The van der Waals surface area contributed by atoms with Gasteiger partial charge >= 0.3 is 0 Å². The molecule has 1 saturated heterocycles. The lowest BCUT2D eigenvalue weighted by molar-refractivity contribution is 0.392. The molecular weight excluding hydrogens is 207 g/mol. The molecule has 0 aliphatic carbocycles. The Balaban J connectivity index is 1.86. The van der Waals surface area contributed by atoms with Gasteiger partial charge in [-0.2, -0.15) is 0 Å². The van der Waals surface area contributed by atoms with Crippen molar-refractivity contribution in [2.75, 3.05) is 25.0 Å². The fourth-order valence-electron chi connectivity index (χ4n) is 1.98. The van der Waals surface area contributed by atoms with E-state index in [0.717, 1.165) is 25.3 Å². The molecule has 0 amide bonds. The molecule has 1 fully saturated rings. The summed E-state index contributed by atoms with van der Waals surface area (Å²) < 4.78 is 13.0. The van der Waals surface area contributed by atoms with Gasteiger partial charge in [-0.05, 0) is 44.0 Å². The number of rotatable bonds is 3. The van der Waals surface area contributed by atoms with E-state index >= 15 is 0 Å². The minimum absolute atomic E-state index is 0.301. The fraction of sp³-hybridized carbons (Fsp3) is 0.500. The summed E-state index contributed by atoms with van der Waals surface area (Å²) in [4.78, 5) is 0. The number of aromatic hydroxyl groups is 1. The summed E-state index contributed by atoms with van der Waals surface area (Å²) in [6.07, 6.45) is 2.41. The van der Waals surface area contributed by atoms with Crippen molar-refractivity contribution in [1.29, 1.82) is 0 Å². The number of phenols is 1. The van der Waals surface area contributed by atoms with Gasteiger partial charge in [0.2, 0.25) is 0 Å². The van der Waals surface area contributed by atoms with E-state index in [4.69, 9.17) is 5.11 Å². The maximum absolute atomic E-state index is 13.0. The van der Waals surface area contributed by atoms with E-state index in [-0.39, 0.29) is 5.75 Å². The predicted molar refractivity (Wildman–Crippen MR) is 62.1 cm³/mol. The number of phenolic OH excluding ortho intramolecular Hbond substituents is 1. The number of piperidine rings is 1. The Morgan fingerprint density at radius 3 is 3.06 bits per heavy atom. The van der Waals surface area contributed by atoms with Gasteiger partial charge in [-0.25, -0.2) is 4.39 Å². The molecule has 1 aliphatic heterocycles. The average molecular weight is 224 g/mol. The molecule has 1 heterocycles. The first-order valence-electron chi connectivity index (χ1n) is 5.69. The molecule has 4 heteroatoms. The van der Waals surface area contributed by atoms with Crippen LogP contribution in [0.3, 0.4) is 0 Å². The van der Waals surface area contributed by atoms with Gasteiger partial charge < -0.3 is 15.7 Å². The quantitative estimate of drug-likeness (QED) is 0.687. The molecule has 2 rings (SSSR count). The van der Waals surface area contributed by atoms with Crippen LogP contribution in [0.5, 0.6) is 5.75 Å². The van der Waals surface area contributed by atoms with Crippen molar-refractivity contribution in [2.24, 2.45) is 5.92 Å². The van der Waals surface area contributed by atoms with Crippen LogP contribution >= 0.6 is 0 Å². The van der Waals surface area contributed by atoms with Gasteiger partial charge in [0.05, 0.1) is 0 Å². The van der Waals surface area contributed by atoms with Gasteiger partial charge in [-0.3, -0.25) is 0 Å². The summed E-state index contributed by atoms with van der Waals surface area (Å²) in [5.41, 5.74) is 0.723. The van der Waals surface area contributed by atoms with Crippen LogP contribution in [-0.4, -0.2) is 24.7 Å². The topological polar surface area (TPSA) is 44.3 Å². The maximum atomic E-state index is 13.0. The van der Waals surface area contributed by atoms with Gasteiger partial charge in [0.15, 0.2) is 11.6 Å². The van der Waals surface area contributed by atoms with Gasteiger partial charge in [-0.15, -0.1) is 0 Å². The summed E-state index contributed by atoms with van der Waals surface area (Å²) in [5.74, 6) is -0.276. The van der Waals surface area contributed by atoms with E-state index in [1.165, 1.54) is 25.0 Å². The molecule has 1 aromatic carbocycles. The summed E-state index contributed by atoms with van der Waals surface area (Å²) in [5, 5.41) is 15.6. The summed E-state index contributed by atoms with van der Waals surface area (Å²) >= 11 is 0. The molecule has 3 nitrogen and oxygen atoms in total. The van der Waals surface area contributed by atoms with Crippen LogP contribution < -0.4 is 10.6 Å². The number of anilines is 1. The van der Waals surface area contributed by atoms with E-state index in [9.17, 15) is 4.39 Å². The first-order chi connectivity index (χ1) is 7.75. The molecule has 1 atom stereocenters. The highest BCUT2D eigenvalue weighted by Gasteiger charge is 2.12. The Morgan fingerprint density at radius 2 is 2.38 bits per heavy atom. The Kier molecular flexibility index (Phi) is 3.62. The van der Waals surface area contributed by atoms with Gasteiger partial charge in [0.25, 0.3) is 0 Å². The largest absolute Gasteiger partial charge is 0.505 e. The summed E-state index contributed by atoms with van der Waals surface area (Å²) in [7, 11) is 0. The molecule has 3 N–H and O–H groups in total. The molecule has 88 valence electrons. The zero-order valence-corrected chi connectivity index (χ0v) is 9.17. The monoisotopic (exact) mass is 224 g/mol. The molecule has 0 radical (unpaired) electrons. The van der Waals surface area contributed by atoms with Crippen LogP contribution in [0.4, 0.5) is 10.1 Å². The second-order valence-electron chi connectivity index (χ2n) is 4.26. The van der Waals surface area contributed by atoms with Crippen molar-refractivity contribution in [3.05, 3.63) is 24.0 Å². The third-order valence-electron chi connectivity index (χ3n) is 2.94. The van der Waals surface area contributed by atoms with Crippen molar-refractivity contribution >= 4 is 5.69 Å². The molecule has 0 bridgehead atoms. The third kappa shape index (κ3) is 2.85. The van der Waals surface area contributed by atoms with E-state index < -0.39 is 5.82 Å². The molecule has 1 aromatic rings. The van der Waals surface area contributed by atoms with Crippen molar-refractivity contribution < 1.29 is 9.50 Å². The van der Waals surface area contributed by atoms with Crippen LogP contribution in [0.15, 0.2) is 18.2 Å². The molecule has 0 aromatic heterocycles. The van der Waals surface area contributed by atoms with E-state index in [1.807, 2.05) is 0 Å². The average Bonchev–Trinajstić information content (AvgIpc) is 2.32. The lowest BCUT2D eigenvalue weighted by Gasteiger charge is -2.23. The third-order valence-corrected chi connectivity index (χ3v) is 2.94. The highest BCUT2D eigenvalue weighted by molar-refractivity contribution is 5.46. The van der Waals surface area contributed by atoms with E-state index in [2.05, 4.69) is 10.6 Å². The van der Waals surface area contributed by atoms with Crippen molar-refractivity contribution in [1.82, 2.24) is 5.32 Å². The predicted octanol–water partition coefficient (Wildman–Crippen LogP) is 1.94. The molecule has 1 unspecified atom stereocenters. The molecule has 16 heavy (non-hydrogen) atoms. The van der Waals surface area contributed by atoms with Gasteiger partial charge in [0, 0.05) is 18.3 Å². The Labute approximate surface area is 94.7 Å². The van der Waals surface area contributed by atoms with Crippen LogP contribution in [0, 0.1) is 11.7 Å². The van der Waals surface area contributed by atoms with E-state index in [0.29, 0.717) is 5.92 Å². The number of hydrogen-bond donors (Lipinski definition) is 3. The van der Waals surface area contributed by atoms with E-state index in [1.54, 1.807) is 6.07 Å². The lowest BCUT2D eigenvalue weighted by atomic mass is 10.00. The Hall–Kier alpha value is -1.29. The summed E-state index contributed by atoms with van der Waals surface area (Å²) in [6.45, 7) is 2.97. The van der Waals surface area contributed by atoms with Crippen molar-refractivity contribution in [2.45, 2.75) is 12.8 Å². The number of benzene rings is 1. The highest BCUT2D eigenvalue weighted by atomic mass is 19.1. The van der Waals surface area contributed by atoms with Crippen molar-refractivity contribution in [3.63, 3.8) is 0 Å². The zero-order chi connectivity index (χ0) is 11.4. The maximum Gasteiger partial charge on any atom is 0.166 e. The number of hydrogen-bond acceptors (Lipinski definition) is 3. The SMILES string of the molecule is Oc1ccc(NCC2CCCNC2)cc1F. The van der Waals surface area contributed by atoms with Crippen LogP contribution in [0.2, 0.25) is 0 Å². The normalized spacial score (nSPS) is 20.7. The zero-order valence-electron chi connectivity index (χ0n) is 9.17. The Morgan fingerprint density at radius 1 is 1.50 bits per heavy atom. The highest BCUT2D eigenvalue weighted by Crippen LogP contribution is 2.20. The molecule has 0 saturated carbocycles. The van der Waals surface area contributed by atoms with Crippen molar-refractivity contribution in [3.8, 4) is 5.75 Å². The minimum Gasteiger partial charge on any atom is -0.505 e. The van der Waals surface area contributed by atoms with Crippen LogP contribution in [-0.2, 0) is 0 Å². The Bertz CT molecular complexity index is 351. The smallest absolute Gasteiger partial charge is 0.166 e. The summed E-state index contributed by atoms with van der Waals surface area (Å²) in [6, 6.07) is 4.39. The number of halogens is 1. The molecule has 1 aliphatic rings. The fourth-order valence-corrected chi connectivity index (χ4v) is 1.98. The minimum atomic E-state index is -0.577. The molecule has 0 spiro atoms. The lowest BCUT2D eigenvalue weighted by Crippen LogP contribution is -2.33. The van der Waals surface area contributed by atoms with Gasteiger partial charge in [-0.1, -0.05) is 0 Å². The first kappa shape index (κ1) is 11.2. The second kappa shape index (κ2) is 5.16. The number of nitrogens with one attached hydrogen (secondary N) is 2. The standard InChI is InChI=1S/C12H17FN2O/c13-11-6-10(3-4-12(11)16)15-8-9-2-1-5-14-7-9/h3-4,6,9,14-16H,1-2,5,7-8H2. The second-order valence-corrected chi connectivity index (χ2v) is 4.26. The first-order valence-corrected chi connectivity index (χ1v) is 5.69. The van der Waals surface area contributed by atoms with Crippen LogP contribution in [0.1, 0.15) is 12.8 Å². The van der Waals surface area contributed by atoms with Crippen LogP contribution in [0.25, 0.3) is 0 Å². The van der Waals surface area contributed by atoms with Gasteiger partial charge in [0.1, 0.15) is 0 Å². The molecular formula is C12H17FN2O.